The number of aromatic amines is 1. The van der Waals surface area contributed by atoms with E-state index in [9.17, 15) is 24.6 Å². The largest absolute Gasteiger partial charge is 0.506 e. The fourth-order valence-electron chi connectivity index (χ4n) is 8.57. The molecule has 0 saturated carbocycles. The van der Waals surface area contributed by atoms with E-state index >= 15 is 0 Å². The summed E-state index contributed by atoms with van der Waals surface area (Å²) >= 11 is 0. The number of aromatic nitrogens is 1. The molecule has 5 N–H and O–H groups in total. The van der Waals surface area contributed by atoms with Crippen molar-refractivity contribution < 1.29 is 34.0 Å². The summed E-state index contributed by atoms with van der Waals surface area (Å²) in [5.41, 5.74) is 6.57. The molecule has 2 atom stereocenters. The second-order valence-corrected chi connectivity index (χ2v) is 17.0. The van der Waals surface area contributed by atoms with Gasteiger partial charge in [0, 0.05) is 48.8 Å². The van der Waals surface area contributed by atoms with Crippen molar-refractivity contribution in [2.75, 3.05) is 33.4 Å². The molecule has 7 aromatic rings. The first-order chi connectivity index (χ1) is 32.7. The Morgan fingerprint density at radius 3 is 2.27 bits per heavy atom. The number of methoxy groups -OCH3 is 1. The minimum atomic E-state index is -0.920. The first-order valence-electron chi connectivity index (χ1n) is 22.7. The van der Waals surface area contributed by atoms with Gasteiger partial charge >= 0.3 is 5.97 Å². The smallest absolute Gasteiger partial charge is 0.317 e. The van der Waals surface area contributed by atoms with Crippen LogP contribution in [-0.4, -0.2) is 65.3 Å². The number of nitrogens with one attached hydrogen (secondary N) is 3. The number of fused-ring (bicyclic) bond motifs is 1. The van der Waals surface area contributed by atoms with E-state index < -0.39 is 12.0 Å². The van der Waals surface area contributed by atoms with Gasteiger partial charge in [-0.1, -0.05) is 109 Å². The van der Waals surface area contributed by atoms with Crippen LogP contribution >= 0.6 is 0 Å². The van der Waals surface area contributed by atoms with Crippen LogP contribution in [0.25, 0.3) is 10.9 Å². The quantitative estimate of drug-likeness (QED) is 0.0501. The minimum absolute atomic E-state index is 0.0731. The highest BCUT2D eigenvalue weighted by molar-refractivity contribution is 5.94. The molecule has 1 saturated heterocycles. The van der Waals surface area contributed by atoms with E-state index in [2.05, 4.69) is 44.8 Å². The first kappa shape index (κ1) is 46.3. The van der Waals surface area contributed by atoms with Gasteiger partial charge in [-0.3, -0.25) is 19.3 Å². The van der Waals surface area contributed by atoms with Gasteiger partial charge in [0.05, 0.1) is 25.3 Å². The summed E-state index contributed by atoms with van der Waals surface area (Å²) in [6.45, 7) is 4.48. The predicted octanol–water partition coefficient (Wildman–Crippen LogP) is 8.16. The molecule has 1 fully saturated rings. The molecule has 1 aliphatic rings. The van der Waals surface area contributed by atoms with Crippen molar-refractivity contribution in [1.29, 1.82) is 0 Å². The van der Waals surface area contributed by atoms with Gasteiger partial charge in [0.25, 0.3) is 5.91 Å². The van der Waals surface area contributed by atoms with Crippen molar-refractivity contribution in [2.45, 2.75) is 51.1 Å². The Labute approximate surface area is 390 Å². The third-order valence-corrected chi connectivity index (χ3v) is 12.3. The van der Waals surface area contributed by atoms with Crippen LogP contribution < -0.4 is 25.7 Å². The maximum atomic E-state index is 13.8. The topological polar surface area (TPSA) is 162 Å². The van der Waals surface area contributed by atoms with Gasteiger partial charge in [0.2, 0.25) is 5.56 Å². The number of aromatic hydroxyl groups is 1. The average molecular weight is 901 g/mol. The lowest BCUT2D eigenvalue weighted by molar-refractivity contribution is -0.146. The van der Waals surface area contributed by atoms with Crippen LogP contribution in [0.3, 0.4) is 0 Å². The van der Waals surface area contributed by atoms with E-state index in [4.69, 9.17) is 14.2 Å². The Balaban J connectivity index is 0.805. The van der Waals surface area contributed by atoms with E-state index in [1.807, 2.05) is 91.0 Å². The molecule has 8 rings (SSSR count). The average Bonchev–Trinajstić information content (AvgIpc) is 3.36. The second-order valence-electron chi connectivity index (χ2n) is 17.0. The fourth-order valence-corrected chi connectivity index (χ4v) is 8.57. The number of phenolic OH excluding ortho intramolecular Hbond substituents is 1. The molecule has 0 spiro atoms. The van der Waals surface area contributed by atoms with Gasteiger partial charge in [0.1, 0.15) is 29.8 Å². The number of H-pyrrole nitrogens is 1. The summed E-state index contributed by atoms with van der Waals surface area (Å²) < 4.78 is 17.9. The number of carbonyl (C=O) groups excluding carboxylic acids is 2. The maximum Gasteiger partial charge on any atom is 0.317 e. The van der Waals surface area contributed by atoms with Crippen molar-refractivity contribution in [3.05, 3.63) is 207 Å². The van der Waals surface area contributed by atoms with Crippen LogP contribution in [0.15, 0.2) is 156 Å². The lowest BCUT2D eigenvalue weighted by Gasteiger charge is -2.32. The number of hydrogen-bond donors (Lipinski definition) is 5. The molecule has 67 heavy (non-hydrogen) atoms. The first-order valence-corrected chi connectivity index (χ1v) is 22.7. The van der Waals surface area contributed by atoms with Crippen LogP contribution in [0.2, 0.25) is 0 Å². The molecular formula is C55H56N4O8. The molecule has 344 valence electrons. The maximum absolute atomic E-state index is 13.8. The number of piperidine rings is 1. The van der Waals surface area contributed by atoms with Crippen molar-refractivity contribution >= 4 is 22.8 Å². The SMILES string of the molecule is COc1cc(C(=O)NCc2ccc(COc3cccc(C(C(=O)OCC4CCN(Cc5ccccc5)CC4)c4ccccc4)c3)cc2)ccc1CNC[C@H](O)c1ccc(O)c2[nH]c(=O)ccc12. The molecule has 1 aliphatic heterocycles. The number of benzene rings is 6. The molecule has 12 nitrogen and oxygen atoms in total. The standard InChI is InChI=1S/C55H56N4O8/c1-65-50-30-43(19-20-44(50)32-56-33-49(61)46-21-23-48(60)53-47(46)22-24-51(62)58-53)54(63)57-31-37-15-17-39(18-16-37)35-66-45-14-8-13-42(29-45)52(41-11-6-3-7-12-41)55(64)67-36-40-25-27-59(28-26-40)34-38-9-4-2-5-10-38/h2-24,29-30,40,49,52,56,60-61H,25-28,31-36H2,1H3,(H,57,63)(H,58,62)/t49-,52?/m0/s1. The van der Waals surface area contributed by atoms with Crippen molar-refractivity contribution in [3.8, 4) is 17.2 Å². The number of aliphatic hydroxyl groups excluding tert-OH is 1. The van der Waals surface area contributed by atoms with E-state index in [0.717, 1.165) is 60.3 Å². The molecule has 0 radical (unpaired) electrons. The number of pyridine rings is 1. The highest BCUT2D eigenvalue weighted by Gasteiger charge is 2.27. The summed E-state index contributed by atoms with van der Waals surface area (Å²) in [5, 5.41) is 27.9. The lowest BCUT2D eigenvalue weighted by atomic mass is 9.91. The van der Waals surface area contributed by atoms with Gasteiger partial charge in [-0.05, 0) is 102 Å². The third kappa shape index (κ3) is 12.2. The van der Waals surface area contributed by atoms with E-state index in [1.54, 1.807) is 24.3 Å². The number of aliphatic hydroxyl groups is 1. The number of hydrogen-bond acceptors (Lipinski definition) is 10. The summed E-state index contributed by atoms with van der Waals surface area (Å²) in [6, 6.07) is 47.0. The number of carbonyl (C=O) groups is 2. The van der Waals surface area contributed by atoms with Crippen LogP contribution in [0.5, 0.6) is 17.2 Å². The number of esters is 1. The van der Waals surface area contributed by atoms with Gasteiger partial charge in [-0.25, -0.2) is 0 Å². The third-order valence-electron chi connectivity index (χ3n) is 12.3. The van der Waals surface area contributed by atoms with Crippen LogP contribution in [0.4, 0.5) is 0 Å². The Hall–Kier alpha value is -7.25. The molecule has 1 unspecified atom stereocenters. The molecule has 1 aromatic heterocycles. The minimum Gasteiger partial charge on any atom is -0.506 e. The highest BCUT2D eigenvalue weighted by atomic mass is 16.5. The molecule has 1 amide bonds. The number of ether oxygens (including phenoxy) is 3. The molecular weight excluding hydrogens is 845 g/mol. The van der Waals surface area contributed by atoms with Crippen molar-refractivity contribution in [3.63, 3.8) is 0 Å². The Kier molecular flexibility index (Phi) is 15.4. The number of nitrogens with zero attached hydrogens (tertiary/aromatic N) is 1. The number of amides is 1. The van der Waals surface area contributed by atoms with Gasteiger partial charge < -0.3 is 40.0 Å². The van der Waals surface area contributed by atoms with Gasteiger partial charge in [0.15, 0.2) is 0 Å². The van der Waals surface area contributed by atoms with Crippen molar-refractivity contribution in [1.82, 2.24) is 20.5 Å². The van der Waals surface area contributed by atoms with Crippen LogP contribution in [0, 0.1) is 5.92 Å². The fraction of sp³-hybridized carbons (Fsp3) is 0.255. The summed E-state index contributed by atoms with van der Waals surface area (Å²) in [6.07, 6.45) is 1.06. The zero-order valence-electron chi connectivity index (χ0n) is 37.5. The van der Waals surface area contributed by atoms with Gasteiger partial charge in [-0.2, -0.15) is 0 Å². The van der Waals surface area contributed by atoms with Gasteiger partial charge in [-0.15, -0.1) is 0 Å². The molecule has 12 heteroatoms. The molecule has 6 aromatic carbocycles. The van der Waals surface area contributed by atoms with Crippen LogP contribution in [-0.2, 0) is 35.8 Å². The highest BCUT2D eigenvalue weighted by Crippen LogP contribution is 2.31. The summed E-state index contributed by atoms with van der Waals surface area (Å²) in [4.78, 5) is 43.9. The summed E-state index contributed by atoms with van der Waals surface area (Å²) in [5.74, 6) is 0.313. The lowest BCUT2D eigenvalue weighted by Crippen LogP contribution is -2.35. The van der Waals surface area contributed by atoms with Crippen LogP contribution in [0.1, 0.15) is 74.2 Å². The predicted molar refractivity (Wildman–Crippen MR) is 258 cm³/mol. The zero-order chi connectivity index (χ0) is 46.5. The second kappa shape index (κ2) is 22.3. The summed E-state index contributed by atoms with van der Waals surface area (Å²) in [7, 11) is 1.54. The molecule has 0 bridgehead atoms. The Bertz CT molecular complexity index is 2810. The molecule has 0 aliphatic carbocycles. The van der Waals surface area contributed by atoms with Crippen molar-refractivity contribution in [2.24, 2.45) is 5.92 Å². The monoisotopic (exact) mass is 900 g/mol. The number of rotatable bonds is 19. The zero-order valence-corrected chi connectivity index (χ0v) is 37.5. The number of phenols is 1. The van der Waals surface area contributed by atoms with E-state index in [0.29, 0.717) is 60.2 Å². The number of likely N-dealkylation sites (tertiary alicyclic amines) is 1. The Morgan fingerprint density at radius 1 is 0.776 bits per heavy atom. The van der Waals surface area contributed by atoms with E-state index in [-0.39, 0.29) is 35.2 Å². The Morgan fingerprint density at radius 2 is 1.51 bits per heavy atom. The molecule has 2 heterocycles. The normalized spacial score (nSPS) is 14.0. The van der Waals surface area contributed by atoms with E-state index in [1.165, 1.54) is 24.8 Å².